The highest BCUT2D eigenvalue weighted by Gasteiger charge is 2.35. The molecule has 1 aliphatic heterocycles. The highest BCUT2D eigenvalue weighted by molar-refractivity contribution is 7.59. The molecule has 10 nitrogen and oxygen atoms in total. The number of fused-ring (bicyclic) bond motifs is 1. The van der Waals surface area contributed by atoms with Crippen LogP contribution in [0.3, 0.4) is 0 Å². The summed E-state index contributed by atoms with van der Waals surface area (Å²) in [7, 11) is 1.90. The van der Waals surface area contributed by atoms with Gasteiger partial charge in [0.05, 0.1) is 25.0 Å². The molecule has 1 amide bonds. The lowest BCUT2D eigenvalue weighted by Gasteiger charge is -2.36. The molecule has 0 bridgehead atoms. The van der Waals surface area contributed by atoms with Gasteiger partial charge in [-0.25, -0.2) is 9.97 Å². The summed E-state index contributed by atoms with van der Waals surface area (Å²) < 4.78 is 7.50. The van der Waals surface area contributed by atoms with Gasteiger partial charge >= 0.3 is 0 Å². The van der Waals surface area contributed by atoms with Gasteiger partial charge < -0.3 is 20.3 Å². The van der Waals surface area contributed by atoms with Crippen molar-refractivity contribution in [3.05, 3.63) is 47.5 Å². The zero-order valence-electron chi connectivity index (χ0n) is 21.6. The number of hydrogen-bond donors (Lipinski definition) is 2. The first kappa shape index (κ1) is 27.3. The minimum atomic E-state index is -0.269. The molecular weight excluding hydrogens is 476 g/mol. The molecule has 0 spiro atoms. The van der Waals surface area contributed by atoms with E-state index in [0.29, 0.717) is 37.2 Å². The molecule has 194 valence electrons. The van der Waals surface area contributed by atoms with Gasteiger partial charge in [-0.05, 0) is 24.8 Å². The number of carbonyl (C=O) groups is 1. The van der Waals surface area contributed by atoms with E-state index < -0.39 is 0 Å². The van der Waals surface area contributed by atoms with Crippen molar-refractivity contribution in [1.29, 1.82) is 0 Å². The number of rotatable bonds is 10. The fraction of sp³-hybridized carbons (Fsp3) is 0.480. The van der Waals surface area contributed by atoms with Crippen LogP contribution in [0.1, 0.15) is 50.4 Å². The second-order valence-electron chi connectivity index (χ2n) is 9.23. The number of nitrogens with one attached hydrogen (secondary N) is 2. The van der Waals surface area contributed by atoms with E-state index in [4.69, 9.17) is 4.74 Å². The van der Waals surface area contributed by atoms with Crippen molar-refractivity contribution in [2.75, 3.05) is 29.2 Å². The molecule has 0 fully saturated rings. The molecule has 2 N–H and O–H groups in total. The normalized spacial score (nSPS) is 14.8. The first-order chi connectivity index (χ1) is 16.9. The Morgan fingerprint density at radius 3 is 2.69 bits per heavy atom. The topological polar surface area (TPSA) is 110 Å². The fourth-order valence-corrected chi connectivity index (χ4v) is 4.16. The van der Waals surface area contributed by atoms with Gasteiger partial charge in [0.15, 0.2) is 5.82 Å². The number of ether oxygens (including phenoxy) is 1. The zero-order chi connectivity index (χ0) is 24.9. The van der Waals surface area contributed by atoms with Gasteiger partial charge in [0.1, 0.15) is 11.7 Å². The number of aromatic nitrogens is 5. The van der Waals surface area contributed by atoms with E-state index in [1.165, 1.54) is 0 Å². The lowest BCUT2D eigenvalue weighted by Crippen LogP contribution is -2.49. The Morgan fingerprint density at radius 1 is 1.19 bits per heavy atom. The largest absolute Gasteiger partial charge is 0.478 e. The molecule has 0 aliphatic carbocycles. The van der Waals surface area contributed by atoms with Crippen LogP contribution in [0.2, 0.25) is 0 Å². The molecule has 0 aromatic carbocycles. The molecule has 36 heavy (non-hydrogen) atoms. The Balaban J connectivity index is 0.00000361. The Hall–Kier alpha value is -3.34. The first-order valence-electron chi connectivity index (χ1n) is 12.1. The maximum Gasteiger partial charge on any atom is 0.247 e. The number of carbonyl (C=O) groups excluding carboxylic acids is 1. The van der Waals surface area contributed by atoms with Crippen molar-refractivity contribution >= 4 is 36.9 Å². The van der Waals surface area contributed by atoms with Gasteiger partial charge in [0.2, 0.25) is 17.7 Å². The minimum Gasteiger partial charge on any atom is -0.478 e. The molecule has 1 aliphatic rings. The highest BCUT2D eigenvalue weighted by atomic mass is 32.1. The molecule has 11 heteroatoms. The third kappa shape index (κ3) is 6.26. The second kappa shape index (κ2) is 12.1. The van der Waals surface area contributed by atoms with E-state index in [1.54, 1.807) is 0 Å². The Kier molecular flexibility index (Phi) is 9.14. The van der Waals surface area contributed by atoms with Gasteiger partial charge in [0.25, 0.3) is 0 Å². The number of amides is 1. The van der Waals surface area contributed by atoms with Crippen molar-refractivity contribution in [1.82, 2.24) is 24.7 Å². The number of likely N-dealkylation sites (N-methyl/N-ethyl adjacent to an activating group) is 1. The van der Waals surface area contributed by atoms with Crippen molar-refractivity contribution in [3.8, 4) is 5.88 Å². The van der Waals surface area contributed by atoms with Crippen molar-refractivity contribution in [3.63, 3.8) is 0 Å². The summed E-state index contributed by atoms with van der Waals surface area (Å²) in [5, 5.41) is 10.7. The molecule has 4 rings (SSSR count). The molecule has 0 saturated carbocycles. The minimum absolute atomic E-state index is 0. The van der Waals surface area contributed by atoms with Crippen LogP contribution in [-0.4, -0.2) is 50.3 Å². The Bertz CT molecular complexity index is 1170. The SMILES string of the molecule is CCCCOc1ccc(Cn2cc(CNc3nc(C)c4c(n3)N(C)[C@@H](C(C)C)C(=O)N4)cn2)cn1.S. The maximum atomic E-state index is 12.5. The van der Waals surface area contributed by atoms with Gasteiger partial charge in [-0.3, -0.25) is 9.48 Å². The predicted molar refractivity (Wildman–Crippen MR) is 146 cm³/mol. The number of aryl methyl sites for hydroxylation is 1. The van der Waals surface area contributed by atoms with Crippen LogP contribution in [0.5, 0.6) is 5.88 Å². The van der Waals surface area contributed by atoms with Crippen LogP contribution in [0.15, 0.2) is 30.7 Å². The van der Waals surface area contributed by atoms with Crippen LogP contribution in [0.4, 0.5) is 17.5 Å². The molecule has 3 aromatic rings. The summed E-state index contributed by atoms with van der Waals surface area (Å²) in [5.41, 5.74) is 3.46. The fourth-order valence-electron chi connectivity index (χ4n) is 4.16. The number of hydrogen-bond acceptors (Lipinski definition) is 8. The van der Waals surface area contributed by atoms with Crippen LogP contribution < -0.4 is 20.3 Å². The van der Waals surface area contributed by atoms with Crippen LogP contribution in [0, 0.1) is 12.8 Å². The number of unbranched alkanes of at least 4 members (excludes halogenated alkanes) is 1. The molecular formula is C25H36N8O2S. The van der Waals surface area contributed by atoms with E-state index in [9.17, 15) is 4.79 Å². The molecule has 4 heterocycles. The van der Waals surface area contributed by atoms with Crippen LogP contribution in [-0.2, 0) is 17.9 Å². The lowest BCUT2D eigenvalue weighted by atomic mass is 9.99. The smallest absolute Gasteiger partial charge is 0.247 e. The quantitative estimate of drug-likeness (QED) is 0.395. The van der Waals surface area contributed by atoms with E-state index >= 15 is 0 Å². The number of pyridine rings is 1. The number of nitrogens with zero attached hydrogens (tertiary/aromatic N) is 6. The standard InChI is InChI=1S/C25H34N8O2.H2S/c1-6-7-10-35-20-9-8-18(11-26-20)14-33-15-19(13-28-33)12-27-25-29-17(4)21-23(31-25)32(5)22(16(2)3)24(34)30-21;/h8-9,11,13,15-16,22H,6-7,10,12,14H2,1-5H3,(H,30,34)(H,27,29,31);1H2/t22-;/m0./s1. The van der Waals surface area contributed by atoms with Gasteiger partial charge in [-0.1, -0.05) is 33.3 Å². The monoisotopic (exact) mass is 512 g/mol. The first-order valence-corrected chi connectivity index (χ1v) is 12.1. The Morgan fingerprint density at radius 2 is 2.00 bits per heavy atom. The summed E-state index contributed by atoms with van der Waals surface area (Å²) in [5.74, 6) is 2.03. The second-order valence-corrected chi connectivity index (χ2v) is 9.23. The third-order valence-corrected chi connectivity index (χ3v) is 6.00. The molecule has 0 radical (unpaired) electrons. The van der Waals surface area contributed by atoms with Gasteiger partial charge in [-0.15, -0.1) is 0 Å². The summed E-state index contributed by atoms with van der Waals surface area (Å²) in [4.78, 5) is 28.1. The summed E-state index contributed by atoms with van der Waals surface area (Å²) in [6.45, 7) is 9.92. The highest BCUT2D eigenvalue weighted by Crippen LogP contribution is 2.34. The molecule has 3 aromatic heterocycles. The predicted octanol–water partition coefficient (Wildman–Crippen LogP) is 3.74. The Labute approximate surface area is 219 Å². The van der Waals surface area contributed by atoms with Crippen molar-refractivity contribution in [2.24, 2.45) is 5.92 Å². The van der Waals surface area contributed by atoms with Crippen LogP contribution in [0.25, 0.3) is 0 Å². The van der Waals surface area contributed by atoms with E-state index in [1.807, 2.05) is 68.1 Å². The van der Waals surface area contributed by atoms with Gasteiger partial charge in [0, 0.05) is 37.6 Å². The van der Waals surface area contributed by atoms with Gasteiger partial charge in [-0.2, -0.15) is 23.6 Å². The zero-order valence-corrected chi connectivity index (χ0v) is 22.6. The summed E-state index contributed by atoms with van der Waals surface area (Å²) in [6.07, 6.45) is 7.76. The molecule has 0 saturated heterocycles. The average Bonchev–Trinajstić information content (AvgIpc) is 3.27. The maximum absolute atomic E-state index is 12.5. The average molecular weight is 513 g/mol. The van der Waals surface area contributed by atoms with E-state index in [-0.39, 0.29) is 31.4 Å². The van der Waals surface area contributed by atoms with Crippen LogP contribution >= 0.6 is 13.5 Å². The lowest BCUT2D eigenvalue weighted by molar-refractivity contribution is -0.118. The number of anilines is 3. The van der Waals surface area contributed by atoms with E-state index in [2.05, 4.69) is 37.6 Å². The third-order valence-electron chi connectivity index (χ3n) is 6.00. The summed E-state index contributed by atoms with van der Waals surface area (Å²) in [6, 6.07) is 3.64. The van der Waals surface area contributed by atoms with Crippen molar-refractivity contribution in [2.45, 2.75) is 59.7 Å². The molecule has 1 atom stereocenters. The molecule has 0 unspecified atom stereocenters. The van der Waals surface area contributed by atoms with E-state index in [0.717, 1.165) is 35.5 Å². The summed E-state index contributed by atoms with van der Waals surface area (Å²) >= 11 is 0. The van der Waals surface area contributed by atoms with Crippen molar-refractivity contribution < 1.29 is 9.53 Å².